The molecule has 2 aromatic heterocycles. The van der Waals surface area contributed by atoms with Gasteiger partial charge in [-0.2, -0.15) is 0 Å². The van der Waals surface area contributed by atoms with Crippen LogP contribution in [0.15, 0.2) is 352 Å². The maximum atomic E-state index is 2.42. The molecule has 0 aliphatic rings. The summed E-state index contributed by atoms with van der Waals surface area (Å²) in [5, 5.41) is 25.3. The van der Waals surface area contributed by atoms with Crippen LogP contribution < -0.4 is 0 Å². The zero-order chi connectivity index (χ0) is 61.8. The van der Waals surface area contributed by atoms with Crippen molar-refractivity contribution in [1.82, 2.24) is 9.13 Å². The number of fused-ring (bicyclic) bond motifs is 16. The lowest BCUT2D eigenvalue weighted by Gasteiger charge is -2.11. The third-order valence-corrected chi connectivity index (χ3v) is 19.8. The average molecular weight is 1190 g/mol. The number of hydrogen-bond donors (Lipinski definition) is 0. The van der Waals surface area contributed by atoms with Crippen LogP contribution in [0.3, 0.4) is 0 Å². The largest absolute Gasteiger partial charge is 0.309 e. The van der Waals surface area contributed by atoms with E-state index >= 15 is 0 Å². The lowest BCUT2D eigenvalue weighted by atomic mass is 9.94. The normalized spacial score (nSPS) is 11.8. The van der Waals surface area contributed by atoms with Crippen LogP contribution in [0.2, 0.25) is 0 Å². The van der Waals surface area contributed by atoms with Gasteiger partial charge in [0.2, 0.25) is 0 Å². The number of nitrogens with zero attached hydrogens (tertiary/aromatic N) is 2. The van der Waals surface area contributed by atoms with Crippen molar-refractivity contribution in [2.45, 2.75) is 0 Å². The molecule has 18 aromatic carbocycles. The van der Waals surface area contributed by atoms with Crippen molar-refractivity contribution >= 4 is 130 Å². The lowest BCUT2D eigenvalue weighted by molar-refractivity contribution is 1.19. The highest BCUT2D eigenvalue weighted by atomic mass is 15.0. The maximum absolute atomic E-state index is 2.42. The van der Waals surface area contributed by atoms with Gasteiger partial charge in [0.25, 0.3) is 0 Å². The zero-order valence-electron chi connectivity index (χ0n) is 51.4. The van der Waals surface area contributed by atoms with E-state index < -0.39 is 0 Å². The molecule has 0 saturated heterocycles. The Hall–Kier alpha value is -12.4. The van der Waals surface area contributed by atoms with Crippen LogP contribution in [-0.4, -0.2) is 9.13 Å². The van der Waals surface area contributed by atoms with Gasteiger partial charge in [-0.15, -0.1) is 0 Å². The molecular weight excluding hydrogens is 1130 g/mol. The highest BCUT2D eigenvalue weighted by molar-refractivity contribution is 6.23. The van der Waals surface area contributed by atoms with Gasteiger partial charge >= 0.3 is 0 Å². The van der Waals surface area contributed by atoms with Crippen LogP contribution in [-0.2, 0) is 0 Å². The molecule has 2 heterocycles. The van der Waals surface area contributed by atoms with Crippen molar-refractivity contribution in [3.05, 3.63) is 352 Å². The van der Waals surface area contributed by atoms with Crippen molar-refractivity contribution in [3.63, 3.8) is 0 Å². The predicted molar refractivity (Wildman–Crippen MR) is 403 cm³/mol. The molecule has 0 radical (unpaired) electrons. The minimum atomic E-state index is 1.18. The number of hydrogen-bond acceptors (Lipinski definition) is 0. The Kier molecular flexibility index (Phi) is 12.3. The topological polar surface area (TPSA) is 9.86 Å². The zero-order valence-corrected chi connectivity index (χ0v) is 51.4. The second kappa shape index (κ2) is 21.7. The van der Waals surface area contributed by atoms with Crippen LogP contribution >= 0.6 is 0 Å². The van der Waals surface area contributed by atoms with Crippen LogP contribution in [0, 0.1) is 0 Å². The maximum Gasteiger partial charge on any atom is 0.0547 e. The summed E-state index contributed by atoms with van der Waals surface area (Å²) < 4.78 is 4.85. The molecule has 0 amide bonds. The molecule has 0 aliphatic heterocycles. The number of aromatic nitrogens is 2. The van der Waals surface area contributed by atoms with Crippen molar-refractivity contribution in [2.75, 3.05) is 0 Å². The van der Waals surface area contributed by atoms with Gasteiger partial charge in [-0.25, -0.2) is 0 Å². The second-order valence-electron chi connectivity index (χ2n) is 25.2. The minimum Gasteiger partial charge on any atom is -0.309 e. The Bertz CT molecular complexity index is 6480. The van der Waals surface area contributed by atoms with E-state index in [-0.39, 0.29) is 0 Å². The lowest BCUT2D eigenvalue weighted by Crippen LogP contribution is -1.93. The molecule has 0 bridgehead atoms. The quantitative estimate of drug-likeness (QED) is 0.157. The fraction of sp³-hybridized carbons (Fsp3) is 0. The van der Waals surface area contributed by atoms with Crippen molar-refractivity contribution in [3.8, 4) is 55.9 Å². The molecule has 2 nitrogen and oxygen atoms in total. The summed E-state index contributed by atoms with van der Waals surface area (Å²) >= 11 is 0. The minimum absolute atomic E-state index is 1.18. The number of rotatable bonds is 6. The Morgan fingerprint density at radius 2 is 0.436 bits per heavy atom. The first-order valence-electron chi connectivity index (χ1n) is 32.5. The molecular formula is C92H58N2. The molecule has 0 aliphatic carbocycles. The molecule has 0 fully saturated rings. The van der Waals surface area contributed by atoms with Crippen molar-refractivity contribution < 1.29 is 0 Å². The number of benzene rings is 18. The summed E-state index contributed by atoms with van der Waals surface area (Å²) in [4.78, 5) is 0. The van der Waals surface area contributed by atoms with Gasteiger partial charge in [0.1, 0.15) is 0 Å². The summed E-state index contributed by atoms with van der Waals surface area (Å²) in [6.45, 7) is 0. The molecule has 0 unspecified atom stereocenters. The van der Waals surface area contributed by atoms with Gasteiger partial charge in [0.05, 0.1) is 22.1 Å². The van der Waals surface area contributed by atoms with Gasteiger partial charge in [-0.05, 0) is 222 Å². The molecule has 0 spiro atoms. The fourth-order valence-corrected chi connectivity index (χ4v) is 15.2. The fourth-order valence-electron chi connectivity index (χ4n) is 15.2. The Morgan fingerprint density at radius 3 is 0.894 bits per heavy atom. The third-order valence-electron chi connectivity index (χ3n) is 19.8. The van der Waals surface area contributed by atoms with Crippen molar-refractivity contribution in [2.24, 2.45) is 0 Å². The van der Waals surface area contributed by atoms with Gasteiger partial charge in [-0.1, -0.05) is 261 Å². The first-order chi connectivity index (χ1) is 46.5. The third kappa shape index (κ3) is 8.95. The monoisotopic (exact) mass is 1190 g/mol. The first-order valence-corrected chi connectivity index (χ1v) is 32.5. The van der Waals surface area contributed by atoms with Crippen molar-refractivity contribution in [1.29, 1.82) is 0 Å². The number of para-hydroxylation sites is 2. The molecule has 20 rings (SSSR count). The highest BCUT2D eigenvalue weighted by Crippen LogP contribution is 2.43. The van der Waals surface area contributed by atoms with Gasteiger partial charge in [0.15, 0.2) is 0 Å². The van der Waals surface area contributed by atoms with E-state index in [4.69, 9.17) is 0 Å². The summed E-state index contributed by atoms with van der Waals surface area (Å²) in [5.41, 5.74) is 17.2. The smallest absolute Gasteiger partial charge is 0.0547 e. The van der Waals surface area contributed by atoms with E-state index in [1.165, 1.54) is 186 Å². The summed E-state index contributed by atoms with van der Waals surface area (Å²) in [7, 11) is 0. The van der Waals surface area contributed by atoms with Crippen LogP contribution in [0.25, 0.3) is 186 Å². The molecule has 2 heteroatoms. The van der Waals surface area contributed by atoms with Crippen LogP contribution in [0.4, 0.5) is 0 Å². The van der Waals surface area contributed by atoms with Crippen LogP contribution in [0.5, 0.6) is 0 Å². The van der Waals surface area contributed by atoms with Gasteiger partial charge in [0, 0.05) is 32.9 Å². The van der Waals surface area contributed by atoms with E-state index in [1.54, 1.807) is 0 Å². The Labute approximate surface area is 543 Å². The molecule has 94 heavy (non-hydrogen) atoms. The SMILES string of the molecule is c1ccc2cc(-c3ccc4cc(-c5ccc6ccc7c(c6c5)c5ccccc5n7-c5ccc6ccccc6c5)ccc4c3)ccc2c1.c1ccc2cc(-n3c4ccccc4c4c5cc(-c6ccc7cc(-c8cccc9ccccc89)ccc7c6)ccc5ccc43)ccc2c1. The van der Waals surface area contributed by atoms with Crippen LogP contribution in [0.1, 0.15) is 0 Å². The van der Waals surface area contributed by atoms with Gasteiger partial charge < -0.3 is 9.13 Å². The molecule has 436 valence electrons. The highest BCUT2D eigenvalue weighted by Gasteiger charge is 2.19. The standard InChI is InChI=1S/2C46H29N/c1-3-9-33-25-35(15-13-30(33)7-1)36-17-18-38-27-39(20-19-37(38)26-36)40-16-14-32-22-24-45-46(43(32)29-40)42-11-5-6-12-44(42)47(45)41-23-21-31-8-2-4-10-34(31)28-41;1-2-10-33-28-39(24-22-30(33)8-1)47-44-15-6-5-13-42(44)46-43-29-37(17-16-32(43)23-25-45(46)47)35-18-19-36-27-38(21-20-34(36)26-35)41-14-7-11-31-9-3-4-12-40(31)41/h2*1-29H. The summed E-state index contributed by atoms with van der Waals surface area (Å²) in [5.74, 6) is 0. The van der Waals surface area contributed by atoms with E-state index in [1.807, 2.05) is 0 Å². The molecule has 0 N–H and O–H groups in total. The molecule has 0 atom stereocenters. The first kappa shape index (κ1) is 53.5. The van der Waals surface area contributed by atoms with E-state index in [2.05, 4.69) is 361 Å². The molecule has 0 saturated carbocycles. The Morgan fingerprint density at radius 1 is 0.149 bits per heavy atom. The summed E-state index contributed by atoms with van der Waals surface area (Å²) in [6.07, 6.45) is 0. The van der Waals surface area contributed by atoms with E-state index in [9.17, 15) is 0 Å². The Balaban J connectivity index is 0.000000133. The molecule has 20 aromatic rings. The van der Waals surface area contributed by atoms with E-state index in [0.717, 1.165) is 0 Å². The second-order valence-corrected chi connectivity index (χ2v) is 25.2. The predicted octanol–water partition coefficient (Wildman–Crippen LogP) is 25.5. The van der Waals surface area contributed by atoms with E-state index in [0.29, 0.717) is 0 Å². The van der Waals surface area contributed by atoms with Gasteiger partial charge in [-0.3, -0.25) is 0 Å². The average Bonchev–Trinajstić information content (AvgIpc) is 1.57. The summed E-state index contributed by atoms with van der Waals surface area (Å²) in [6, 6.07) is 129.